The molecule has 0 radical (unpaired) electrons. The lowest BCUT2D eigenvalue weighted by Gasteiger charge is -2.04. The number of rotatable bonds is 5. The molecule has 0 rings (SSSR count). The van der Waals surface area contributed by atoms with Gasteiger partial charge in [-0.05, 0) is 6.92 Å². The van der Waals surface area contributed by atoms with Crippen molar-refractivity contribution in [2.24, 2.45) is 5.73 Å². The van der Waals surface area contributed by atoms with Crippen LogP contribution in [-0.2, 0) is 9.53 Å². The average Bonchev–Trinajstić information content (AvgIpc) is 1.97. The molecule has 0 unspecified atom stereocenters. The lowest BCUT2D eigenvalue weighted by atomic mass is 10.3. The van der Waals surface area contributed by atoms with Gasteiger partial charge in [-0.3, -0.25) is 4.79 Å². The van der Waals surface area contributed by atoms with Gasteiger partial charge in [-0.2, -0.15) is 0 Å². The topological polar surface area (TPSA) is 72.5 Å². The number of aliphatic carboxylic acids is 1. The number of carboxylic acid groups (broad SMARTS) is 1. The molecule has 0 aliphatic rings. The molecule has 0 aliphatic heterocycles. The summed E-state index contributed by atoms with van der Waals surface area (Å²) in [5, 5.41) is 8.32. The van der Waals surface area contributed by atoms with Crippen LogP contribution in [0.5, 0.6) is 0 Å². The van der Waals surface area contributed by atoms with Crippen molar-refractivity contribution in [3.05, 3.63) is 12.2 Å². The molecule has 0 bridgehead atoms. The van der Waals surface area contributed by atoms with Crippen molar-refractivity contribution in [1.82, 2.24) is 0 Å². The van der Waals surface area contributed by atoms with Crippen molar-refractivity contribution < 1.29 is 14.6 Å². The summed E-state index contributed by atoms with van der Waals surface area (Å²) in [6, 6.07) is -0.916. The number of hydrogen-bond acceptors (Lipinski definition) is 3. The van der Waals surface area contributed by atoms with E-state index in [0.29, 0.717) is 6.61 Å². The van der Waals surface area contributed by atoms with Crippen LogP contribution < -0.4 is 5.73 Å². The molecular weight excluding hydrogens is 146 g/mol. The molecule has 11 heavy (non-hydrogen) atoms. The number of nitrogens with two attached hydrogens (primary N) is 1. The molecule has 0 aromatic heterocycles. The fourth-order valence-electron chi connectivity index (χ4n) is 0.431. The molecular formula is C7H13NO3. The van der Waals surface area contributed by atoms with Crippen molar-refractivity contribution >= 4 is 5.97 Å². The van der Waals surface area contributed by atoms with Gasteiger partial charge in [0.25, 0.3) is 0 Å². The van der Waals surface area contributed by atoms with Crippen molar-refractivity contribution in [3.63, 3.8) is 0 Å². The second kappa shape index (κ2) is 5.88. The van der Waals surface area contributed by atoms with Gasteiger partial charge in [-0.25, -0.2) is 0 Å². The maximum atomic E-state index is 10.1. The third kappa shape index (κ3) is 5.57. The Balaban J connectivity index is 3.31. The van der Waals surface area contributed by atoms with Gasteiger partial charge >= 0.3 is 5.97 Å². The molecule has 64 valence electrons. The quantitative estimate of drug-likeness (QED) is 0.437. The number of carbonyl (C=O) groups is 1. The highest BCUT2D eigenvalue weighted by Crippen LogP contribution is 1.82. The molecule has 0 amide bonds. The van der Waals surface area contributed by atoms with Crippen LogP contribution in [0, 0.1) is 0 Å². The molecule has 4 heteroatoms. The van der Waals surface area contributed by atoms with Crippen LogP contribution in [0.4, 0.5) is 0 Å². The van der Waals surface area contributed by atoms with Crippen LogP contribution in [0.1, 0.15) is 6.92 Å². The molecule has 0 spiro atoms. The number of ether oxygens (including phenoxy) is 1. The number of allylic oxidation sites excluding steroid dienone is 1. The summed E-state index contributed by atoms with van der Waals surface area (Å²) in [4.78, 5) is 10.1. The fourth-order valence-corrected chi connectivity index (χ4v) is 0.431. The van der Waals surface area contributed by atoms with Crippen LogP contribution in [0.3, 0.4) is 0 Å². The van der Waals surface area contributed by atoms with E-state index in [4.69, 9.17) is 15.6 Å². The zero-order chi connectivity index (χ0) is 8.69. The van der Waals surface area contributed by atoms with E-state index in [-0.39, 0.29) is 6.61 Å². The Morgan fingerprint density at radius 2 is 2.45 bits per heavy atom. The summed E-state index contributed by atoms with van der Waals surface area (Å²) >= 11 is 0. The molecule has 0 aromatic carbocycles. The Bertz CT molecular complexity index is 145. The molecule has 0 aliphatic carbocycles. The van der Waals surface area contributed by atoms with Crippen molar-refractivity contribution in [3.8, 4) is 0 Å². The second-order valence-corrected chi connectivity index (χ2v) is 2.05. The van der Waals surface area contributed by atoms with Crippen molar-refractivity contribution in [1.29, 1.82) is 0 Å². The Labute approximate surface area is 65.6 Å². The highest BCUT2D eigenvalue weighted by atomic mass is 16.5. The van der Waals surface area contributed by atoms with Crippen molar-refractivity contribution in [2.75, 3.05) is 13.2 Å². The first-order valence-corrected chi connectivity index (χ1v) is 3.35. The molecule has 0 saturated carbocycles. The van der Waals surface area contributed by atoms with Gasteiger partial charge in [0.15, 0.2) is 0 Å². The Kier molecular flexibility index (Phi) is 5.42. The summed E-state index contributed by atoms with van der Waals surface area (Å²) in [6.45, 7) is 2.33. The predicted octanol–water partition coefficient (Wildman–Crippen LogP) is -0.00900. The Morgan fingerprint density at radius 1 is 1.82 bits per heavy atom. The Morgan fingerprint density at radius 3 is 2.91 bits per heavy atom. The summed E-state index contributed by atoms with van der Waals surface area (Å²) < 4.78 is 4.90. The summed E-state index contributed by atoms with van der Waals surface area (Å²) in [5.74, 6) is -1.04. The first-order valence-electron chi connectivity index (χ1n) is 3.35. The second-order valence-electron chi connectivity index (χ2n) is 2.05. The van der Waals surface area contributed by atoms with E-state index in [1.807, 2.05) is 13.0 Å². The van der Waals surface area contributed by atoms with Gasteiger partial charge in [-0.15, -0.1) is 0 Å². The van der Waals surface area contributed by atoms with Gasteiger partial charge in [-0.1, -0.05) is 12.2 Å². The standard InChI is InChI=1S/C7H13NO3/c1-2-3-4-11-5-6(8)7(9)10/h2-3,6H,4-5,8H2,1H3,(H,9,10)/t6-/m0/s1. The third-order valence-electron chi connectivity index (χ3n) is 1.06. The van der Waals surface area contributed by atoms with E-state index in [1.54, 1.807) is 6.08 Å². The van der Waals surface area contributed by atoms with Crippen LogP contribution >= 0.6 is 0 Å². The highest BCUT2D eigenvalue weighted by Gasteiger charge is 2.09. The lowest BCUT2D eigenvalue weighted by molar-refractivity contribution is -0.139. The lowest BCUT2D eigenvalue weighted by Crippen LogP contribution is -2.34. The molecule has 0 heterocycles. The first kappa shape index (κ1) is 10.1. The molecule has 0 saturated heterocycles. The predicted molar refractivity (Wildman–Crippen MR) is 41.2 cm³/mol. The van der Waals surface area contributed by atoms with Gasteiger partial charge < -0.3 is 15.6 Å². The van der Waals surface area contributed by atoms with Crippen LogP contribution in [0.15, 0.2) is 12.2 Å². The smallest absolute Gasteiger partial charge is 0.322 e. The SMILES string of the molecule is CC=CCOC[C@H](N)C(=O)O. The molecule has 1 atom stereocenters. The van der Waals surface area contributed by atoms with Gasteiger partial charge in [0.2, 0.25) is 0 Å². The monoisotopic (exact) mass is 159 g/mol. The van der Waals surface area contributed by atoms with Crippen LogP contribution in [0.25, 0.3) is 0 Å². The molecule has 4 nitrogen and oxygen atoms in total. The van der Waals surface area contributed by atoms with E-state index in [1.165, 1.54) is 0 Å². The molecule has 0 fully saturated rings. The van der Waals surface area contributed by atoms with Crippen molar-refractivity contribution in [2.45, 2.75) is 13.0 Å². The summed E-state index contributed by atoms with van der Waals surface area (Å²) in [6.07, 6.45) is 3.61. The van der Waals surface area contributed by atoms with E-state index in [0.717, 1.165) is 0 Å². The zero-order valence-electron chi connectivity index (χ0n) is 6.49. The number of carboxylic acids is 1. The van der Waals surface area contributed by atoms with Gasteiger partial charge in [0, 0.05) is 0 Å². The minimum atomic E-state index is -1.04. The fraction of sp³-hybridized carbons (Fsp3) is 0.571. The van der Waals surface area contributed by atoms with E-state index >= 15 is 0 Å². The zero-order valence-corrected chi connectivity index (χ0v) is 6.49. The van der Waals surface area contributed by atoms with E-state index in [2.05, 4.69) is 0 Å². The van der Waals surface area contributed by atoms with E-state index in [9.17, 15) is 4.79 Å². The minimum Gasteiger partial charge on any atom is -0.480 e. The Hall–Kier alpha value is -0.870. The summed E-state index contributed by atoms with van der Waals surface area (Å²) in [5.41, 5.74) is 5.15. The largest absolute Gasteiger partial charge is 0.480 e. The maximum absolute atomic E-state index is 10.1. The van der Waals surface area contributed by atoms with Gasteiger partial charge in [0.1, 0.15) is 6.04 Å². The average molecular weight is 159 g/mol. The normalized spacial score (nSPS) is 13.6. The summed E-state index contributed by atoms with van der Waals surface area (Å²) in [7, 11) is 0. The minimum absolute atomic E-state index is 0.0552. The highest BCUT2D eigenvalue weighted by molar-refractivity contribution is 5.73. The first-order chi connectivity index (χ1) is 5.18. The molecule has 0 aromatic rings. The third-order valence-corrected chi connectivity index (χ3v) is 1.06. The van der Waals surface area contributed by atoms with E-state index < -0.39 is 12.0 Å². The number of hydrogen-bond donors (Lipinski definition) is 2. The van der Waals surface area contributed by atoms with Gasteiger partial charge in [0.05, 0.1) is 13.2 Å². The van der Waals surface area contributed by atoms with Crippen LogP contribution in [-0.4, -0.2) is 30.3 Å². The molecule has 3 N–H and O–H groups in total. The van der Waals surface area contributed by atoms with Crippen LogP contribution in [0.2, 0.25) is 0 Å². The maximum Gasteiger partial charge on any atom is 0.322 e.